The third-order valence-corrected chi connectivity index (χ3v) is 2.89. The Morgan fingerprint density at radius 2 is 2.06 bits per heavy atom. The number of benzene rings is 1. The van der Waals surface area contributed by atoms with Crippen molar-refractivity contribution in [2.75, 3.05) is 13.2 Å². The van der Waals surface area contributed by atoms with Crippen LogP contribution >= 0.6 is 23.2 Å². The number of aliphatic hydroxyl groups excluding tert-OH is 1. The highest BCUT2D eigenvalue weighted by Gasteiger charge is 2.20. The van der Waals surface area contributed by atoms with Crippen molar-refractivity contribution in [3.8, 4) is 0 Å². The van der Waals surface area contributed by atoms with Crippen molar-refractivity contribution in [1.29, 1.82) is 0 Å². The summed E-state index contributed by atoms with van der Waals surface area (Å²) in [5.74, 6) is -0.391. The van der Waals surface area contributed by atoms with Crippen LogP contribution in [-0.4, -0.2) is 34.9 Å². The molecule has 1 aromatic carbocycles. The summed E-state index contributed by atoms with van der Waals surface area (Å²) in [5, 5.41) is 21.5. The van der Waals surface area contributed by atoms with Gasteiger partial charge in [-0.15, -0.1) is 0 Å². The lowest BCUT2D eigenvalue weighted by Gasteiger charge is -2.20. The molecule has 1 rings (SSSR count). The second-order valence-electron chi connectivity index (χ2n) is 3.97. The van der Waals surface area contributed by atoms with E-state index in [1.54, 1.807) is 0 Å². The Morgan fingerprint density at radius 3 is 2.59 bits per heavy atom. The van der Waals surface area contributed by atoms with Crippen LogP contribution in [0.5, 0.6) is 0 Å². The van der Waals surface area contributed by atoms with Gasteiger partial charge in [-0.1, -0.05) is 23.2 Å². The first-order valence-electron chi connectivity index (χ1n) is 4.92. The molecule has 0 fully saturated rings. The molecule has 0 aliphatic rings. The molecule has 6 heteroatoms. The lowest BCUT2D eigenvalue weighted by molar-refractivity contribution is 0.00320. The van der Waals surface area contributed by atoms with Crippen LogP contribution in [0.1, 0.15) is 17.3 Å². The van der Waals surface area contributed by atoms with E-state index >= 15 is 0 Å². The Hall–Kier alpha value is -0.810. The van der Waals surface area contributed by atoms with Gasteiger partial charge < -0.3 is 15.5 Å². The van der Waals surface area contributed by atoms with Gasteiger partial charge in [0.25, 0.3) is 5.91 Å². The summed E-state index contributed by atoms with van der Waals surface area (Å²) >= 11 is 11.5. The van der Waals surface area contributed by atoms with Gasteiger partial charge in [0.05, 0.1) is 16.7 Å². The van der Waals surface area contributed by atoms with Gasteiger partial charge in [-0.25, -0.2) is 0 Å². The second kappa shape index (κ2) is 5.69. The summed E-state index contributed by atoms with van der Waals surface area (Å²) in [6.07, 6.45) is 0. The Morgan fingerprint density at radius 1 is 1.41 bits per heavy atom. The quantitative estimate of drug-likeness (QED) is 0.781. The van der Waals surface area contributed by atoms with Gasteiger partial charge in [0.15, 0.2) is 0 Å². The highest BCUT2D eigenvalue weighted by Crippen LogP contribution is 2.22. The van der Waals surface area contributed by atoms with E-state index in [2.05, 4.69) is 5.32 Å². The molecule has 1 unspecified atom stereocenters. The third kappa shape index (κ3) is 4.16. The zero-order valence-corrected chi connectivity index (χ0v) is 10.7. The number of carbonyl (C=O) groups is 1. The van der Waals surface area contributed by atoms with Gasteiger partial charge in [-0.2, -0.15) is 0 Å². The number of hydrogen-bond donors (Lipinski definition) is 3. The molecule has 0 radical (unpaired) electrons. The molecule has 0 bridgehead atoms. The molecule has 0 spiro atoms. The van der Waals surface area contributed by atoms with Crippen molar-refractivity contribution < 1.29 is 15.0 Å². The highest BCUT2D eigenvalue weighted by atomic mass is 35.5. The number of halogens is 2. The number of amides is 1. The number of hydrogen-bond acceptors (Lipinski definition) is 3. The van der Waals surface area contributed by atoms with Crippen molar-refractivity contribution in [2.45, 2.75) is 12.5 Å². The van der Waals surface area contributed by atoms with E-state index in [0.717, 1.165) is 0 Å². The third-order valence-electron chi connectivity index (χ3n) is 2.15. The number of rotatable bonds is 4. The molecule has 0 aromatic heterocycles. The zero-order chi connectivity index (χ0) is 13.1. The van der Waals surface area contributed by atoms with Crippen LogP contribution in [-0.2, 0) is 0 Å². The minimum Gasteiger partial charge on any atom is -0.393 e. The number of aliphatic hydroxyl groups is 2. The summed E-state index contributed by atoms with van der Waals surface area (Å²) in [5.41, 5.74) is -1.00. The van der Waals surface area contributed by atoms with Crippen LogP contribution in [0.2, 0.25) is 10.0 Å². The molecule has 1 amide bonds. The Balaban J connectivity index is 2.68. The van der Waals surface area contributed by atoms with Crippen LogP contribution in [0.25, 0.3) is 0 Å². The van der Waals surface area contributed by atoms with Gasteiger partial charge in [0.2, 0.25) is 0 Å². The van der Waals surface area contributed by atoms with E-state index in [-0.39, 0.29) is 11.6 Å². The minimum atomic E-state index is -1.34. The monoisotopic (exact) mass is 277 g/mol. The minimum absolute atomic E-state index is 0.0530. The number of nitrogens with one attached hydrogen (secondary N) is 1. The predicted octanol–water partition coefficient (Wildman–Crippen LogP) is 1.47. The molecule has 4 nitrogen and oxygen atoms in total. The van der Waals surface area contributed by atoms with Crippen LogP contribution in [0, 0.1) is 0 Å². The van der Waals surface area contributed by atoms with Crippen molar-refractivity contribution in [2.24, 2.45) is 0 Å². The molecule has 94 valence electrons. The average molecular weight is 278 g/mol. The fourth-order valence-electron chi connectivity index (χ4n) is 1.07. The smallest absolute Gasteiger partial charge is 0.251 e. The van der Waals surface area contributed by atoms with Crippen LogP contribution in [0.15, 0.2) is 18.2 Å². The Labute approximate surface area is 109 Å². The topological polar surface area (TPSA) is 69.6 Å². The average Bonchev–Trinajstić information content (AvgIpc) is 2.30. The lowest BCUT2D eigenvalue weighted by atomic mass is 10.1. The number of carbonyl (C=O) groups excluding carboxylic acids is 1. The fourth-order valence-corrected chi connectivity index (χ4v) is 1.36. The van der Waals surface area contributed by atoms with E-state index in [4.69, 9.17) is 28.3 Å². The molecule has 0 aliphatic heterocycles. The standard InChI is InChI=1S/C11H13Cl2NO3/c1-11(17,6-15)5-14-10(16)7-2-3-8(12)9(13)4-7/h2-4,15,17H,5-6H2,1H3,(H,14,16). The van der Waals surface area contributed by atoms with Gasteiger partial charge in [0.1, 0.15) is 5.60 Å². The molecule has 1 atom stereocenters. The summed E-state index contributed by atoms with van der Waals surface area (Å²) in [4.78, 5) is 11.7. The Bertz CT molecular complexity index is 421. The molecular weight excluding hydrogens is 265 g/mol. The van der Waals surface area contributed by atoms with E-state index in [1.807, 2.05) is 0 Å². The summed E-state index contributed by atoms with van der Waals surface area (Å²) in [7, 11) is 0. The Kier molecular flexibility index (Phi) is 4.77. The van der Waals surface area contributed by atoms with Gasteiger partial charge in [0, 0.05) is 12.1 Å². The highest BCUT2D eigenvalue weighted by molar-refractivity contribution is 6.42. The second-order valence-corrected chi connectivity index (χ2v) is 4.78. The van der Waals surface area contributed by atoms with E-state index < -0.39 is 18.1 Å². The molecular formula is C11H13Cl2NO3. The van der Waals surface area contributed by atoms with Crippen molar-refractivity contribution in [1.82, 2.24) is 5.32 Å². The van der Waals surface area contributed by atoms with Crippen molar-refractivity contribution >= 4 is 29.1 Å². The van der Waals surface area contributed by atoms with Crippen LogP contribution < -0.4 is 5.32 Å². The maximum Gasteiger partial charge on any atom is 0.251 e. The lowest BCUT2D eigenvalue weighted by Crippen LogP contribution is -2.43. The summed E-state index contributed by atoms with van der Waals surface area (Å²) in [6, 6.07) is 4.48. The normalized spacial score (nSPS) is 14.2. The molecule has 0 saturated heterocycles. The SMILES string of the molecule is CC(O)(CO)CNC(=O)c1ccc(Cl)c(Cl)c1. The molecule has 17 heavy (non-hydrogen) atoms. The van der Waals surface area contributed by atoms with Crippen molar-refractivity contribution in [3.05, 3.63) is 33.8 Å². The van der Waals surface area contributed by atoms with Gasteiger partial charge in [-0.05, 0) is 25.1 Å². The molecule has 1 aromatic rings. The predicted molar refractivity (Wildman–Crippen MR) is 66.5 cm³/mol. The van der Waals surface area contributed by atoms with Crippen molar-refractivity contribution in [3.63, 3.8) is 0 Å². The van der Waals surface area contributed by atoms with Gasteiger partial charge >= 0.3 is 0 Å². The van der Waals surface area contributed by atoms with Crippen LogP contribution in [0.3, 0.4) is 0 Å². The maximum atomic E-state index is 11.7. The van der Waals surface area contributed by atoms with Gasteiger partial charge in [-0.3, -0.25) is 4.79 Å². The molecule has 0 saturated carbocycles. The largest absolute Gasteiger partial charge is 0.393 e. The first-order valence-corrected chi connectivity index (χ1v) is 5.68. The van der Waals surface area contributed by atoms with Crippen LogP contribution in [0.4, 0.5) is 0 Å². The molecule has 0 heterocycles. The first-order chi connectivity index (χ1) is 7.85. The van der Waals surface area contributed by atoms with E-state index in [9.17, 15) is 9.90 Å². The fraction of sp³-hybridized carbons (Fsp3) is 0.364. The molecule has 3 N–H and O–H groups in total. The summed E-state index contributed by atoms with van der Waals surface area (Å²) in [6.45, 7) is 0.930. The summed E-state index contributed by atoms with van der Waals surface area (Å²) < 4.78 is 0. The zero-order valence-electron chi connectivity index (χ0n) is 9.20. The first kappa shape index (κ1) is 14.3. The van der Waals surface area contributed by atoms with E-state index in [0.29, 0.717) is 10.6 Å². The van der Waals surface area contributed by atoms with E-state index in [1.165, 1.54) is 25.1 Å². The molecule has 0 aliphatic carbocycles. The maximum absolute atomic E-state index is 11.7.